The lowest BCUT2D eigenvalue weighted by atomic mass is 10.5. The first-order valence-electron chi connectivity index (χ1n) is 7.00. The molecule has 1 unspecified atom stereocenters. The van der Waals surface area contributed by atoms with Gasteiger partial charge in [0.15, 0.2) is 16.6 Å². The molecule has 1 atom stereocenters. The van der Waals surface area contributed by atoms with E-state index in [1.54, 1.807) is 0 Å². The highest BCUT2D eigenvalue weighted by Gasteiger charge is 2.42. The molecule has 0 radical (unpaired) electrons. The molecule has 0 fully saturated rings. The first-order valence-corrected chi connectivity index (χ1v) is 16.3. The Hall–Kier alpha value is -0.219. The number of hydrogen-bond acceptors (Lipinski definition) is 4. The van der Waals surface area contributed by atoms with E-state index in [-0.39, 0.29) is 6.10 Å². The number of carbonyl (C=O) groups excluding carboxylic acids is 1. The van der Waals surface area contributed by atoms with E-state index in [1.807, 2.05) is 6.92 Å². The van der Waals surface area contributed by atoms with E-state index in [2.05, 4.69) is 52.4 Å². The van der Waals surface area contributed by atoms with Crippen molar-refractivity contribution in [3.05, 3.63) is 12.7 Å². The van der Waals surface area contributed by atoms with Crippen LogP contribution < -0.4 is 0 Å². The van der Waals surface area contributed by atoms with Crippen LogP contribution in [0.15, 0.2) is 12.7 Å². The summed E-state index contributed by atoms with van der Waals surface area (Å²) in [5, 5.41) is 0. The van der Waals surface area contributed by atoms with Crippen molar-refractivity contribution in [2.24, 2.45) is 0 Å². The van der Waals surface area contributed by atoms with Crippen molar-refractivity contribution in [2.45, 2.75) is 64.9 Å². The molecule has 0 N–H and O–H groups in total. The van der Waals surface area contributed by atoms with Gasteiger partial charge in [-0.05, 0) is 52.8 Å². The molecular weight excluding hydrogens is 304 g/mol. The van der Waals surface area contributed by atoms with E-state index < -0.39 is 31.2 Å². The van der Waals surface area contributed by atoms with E-state index in [9.17, 15) is 4.79 Å². The second-order valence-electron chi connectivity index (χ2n) is 7.22. The number of carbonyl (C=O) groups is 1. The zero-order valence-electron chi connectivity index (χ0n) is 14.2. The molecular formula is C13H30O4Si3. The summed E-state index contributed by atoms with van der Waals surface area (Å²) in [6.07, 6.45) is 0.971. The maximum atomic E-state index is 11.3. The molecule has 0 spiro atoms. The summed E-state index contributed by atoms with van der Waals surface area (Å²) < 4.78 is 18.0. The number of rotatable bonds is 8. The monoisotopic (exact) mass is 334 g/mol. The Labute approximate surface area is 127 Å². The summed E-state index contributed by atoms with van der Waals surface area (Å²) in [5.74, 6) is -0.394. The standard InChI is InChI=1S/C13H30O4Si3/c1-10-13(14)15-12(2)11-20(9,16-18(3,4)5)17-19(6,7)8/h10,12H,1,11H2,2-9H3. The summed E-state index contributed by atoms with van der Waals surface area (Å²) in [6.45, 7) is 20.3. The van der Waals surface area contributed by atoms with Crippen molar-refractivity contribution in [3.63, 3.8) is 0 Å². The summed E-state index contributed by atoms with van der Waals surface area (Å²) in [4.78, 5) is 11.3. The molecule has 0 aliphatic carbocycles. The van der Waals surface area contributed by atoms with Gasteiger partial charge < -0.3 is 13.0 Å². The molecule has 0 aromatic carbocycles. The average molecular weight is 335 g/mol. The molecule has 0 aromatic rings. The van der Waals surface area contributed by atoms with Gasteiger partial charge in [0.1, 0.15) is 6.10 Å². The predicted molar refractivity (Wildman–Crippen MR) is 91.0 cm³/mol. The largest absolute Gasteiger partial charge is 0.460 e. The maximum Gasteiger partial charge on any atom is 0.330 e. The highest BCUT2D eigenvalue weighted by atomic mass is 28.5. The summed E-state index contributed by atoms with van der Waals surface area (Å²) >= 11 is 0. The van der Waals surface area contributed by atoms with Crippen LogP contribution in [0.2, 0.25) is 51.9 Å². The van der Waals surface area contributed by atoms with Crippen molar-refractivity contribution in [1.29, 1.82) is 0 Å². The lowest BCUT2D eigenvalue weighted by Gasteiger charge is -2.39. The fraction of sp³-hybridized carbons (Fsp3) is 0.769. The second-order valence-corrected chi connectivity index (χ2v) is 20.0. The molecule has 20 heavy (non-hydrogen) atoms. The predicted octanol–water partition coefficient (Wildman–Crippen LogP) is 3.88. The quantitative estimate of drug-likeness (QED) is 0.384. The molecule has 0 aliphatic rings. The lowest BCUT2D eigenvalue weighted by molar-refractivity contribution is -0.141. The van der Waals surface area contributed by atoms with Crippen molar-refractivity contribution in [3.8, 4) is 0 Å². The molecule has 0 heterocycles. The number of hydrogen-bond donors (Lipinski definition) is 0. The molecule has 0 amide bonds. The van der Waals surface area contributed by atoms with Crippen LogP contribution in [0.4, 0.5) is 0 Å². The van der Waals surface area contributed by atoms with Crippen LogP contribution in [0.5, 0.6) is 0 Å². The Morgan fingerprint density at radius 2 is 1.45 bits per heavy atom. The van der Waals surface area contributed by atoms with Crippen LogP contribution in [-0.2, 0) is 17.8 Å². The van der Waals surface area contributed by atoms with E-state index in [0.717, 1.165) is 0 Å². The SMILES string of the molecule is C=CC(=O)OC(C)C[Si](C)(O[Si](C)(C)C)O[Si](C)(C)C. The van der Waals surface area contributed by atoms with Gasteiger partial charge in [-0.15, -0.1) is 0 Å². The van der Waals surface area contributed by atoms with Gasteiger partial charge in [0.05, 0.1) is 0 Å². The fourth-order valence-electron chi connectivity index (χ4n) is 2.21. The van der Waals surface area contributed by atoms with Gasteiger partial charge in [0, 0.05) is 12.1 Å². The Morgan fingerprint density at radius 1 is 1.05 bits per heavy atom. The smallest absolute Gasteiger partial charge is 0.330 e. The molecule has 0 aromatic heterocycles. The minimum atomic E-state index is -2.35. The Morgan fingerprint density at radius 3 is 1.75 bits per heavy atom. The van der Waals surface area contributed by atoms with Gasteiger partial charge in [-0.25, -0.2) is 4.79 Å². The molecule has 0 saturated heterocycles. The summed E-state index contributed by atoms with van der Waals surface area (Å²) in [5.41, 5.74) is 0. The Kier molecular flexibility index (Phi) is 7.09. The van der Waals surface area contributed by atoms with Crippen molar-refractivity contribution >= 4 is 31.2 Å². The normalized spacial score (nSPS) is 14.8. The summed E-state index contributed by atoms with van der Waals surface area (Å²) in [6, 6.07) is 0.654. The Bertz CT molecular complexity index is 329. The van der Waals surface area contributed by atoms with Crippen molar-refractivity contribution < 1.29 is 17.8 Å². The molecule has 0 rings (SSSR count). The van der Waals surface area contributed by atoms with Crippen LogP contribution >= 0.6 is 0 Å². The van der Waals surface area contributed by atoms with Crippen LogP contribution in [0.3, 0.4) is 0 Å². The first kappa shape index (κ1) is 19.8. The third-order valence-electron chi connectivity index (χ3n) is 2.19. The lowest BCUT2D eigenvalue weighted by Crippen LogP contribution is -2.54. The van der Waals surface area contributed by atoms with E-state index in [0.29, 0.717) is 6.04 Å². The van der Waals surface area contributed by atoms with E-state index in [4.69, 9.17) is 13.0 Å². The molecule has 7 heteroatoms. The molecule has 4 nitrogen and oxygen atoms in total. The van der Waals surface area contributed by atoms with Crippen molar-refractivity contribution in [2.75, 3.05) is 0 Å². The molecule has 118 valence electrons. The van der Waals surface area contributed by atoms with Gasteiger partial charge in [-0.1, -0.05) is 6.58 Å². The third-order valence-corrected chi connectivity index (χ3v) is 11.9. The van der Waals surface area contributed by atoms with Gasteiger partial charge in [-0.3, -0.25) is 0 Å². The van der Waals surface area contributed by atoms with Gasteiger partial charge in [0.2, 0.25) is 0 Å². The van der Waals surface area contributed by atoms with Crippen LogP contribution in [0.1, 0.15) is 6.92 Å². The fourth-order valence-corrected chi connectivity index (χ4v) is 14.9. The first-order chi connectivity index (χ1) is 8.76. The highest BCUT2D eigenvalue weighted by molar-refractivity contribution is 6.87. The number of esters is 1. The molecule has 0 bridgehead atoms. The average Bonchev–Trinajstić information content (AvgIpc) is 2.09. The van der Waals surface area contributed by atoms with Gasteiger partial charge >= 0.3 is 14.5 Å². The zero-order chi connectivity index (χ0) is 16.2. The van der Waals surface area contributed by atoms with Crippen LogP contribution in [-0.4, -0.2) is 37.3 Å². The highest BCUT2D eigenvalue weighted by Crippen LogP contribution is 2.26. The van der Waals surface area contributed by atoms with E-state index in [1.165, 1.54) is 6.08 Å². The minimum absolute atomic E-state index is 0.218. The molecule has 0 saturated carbocycles. The topological polar surface area (TPSA) is 44.8 Å². The van der Waals surface area contributed by atoms with Gasteiger partial charge in [-0.2, -0.15) is 0 Å². The number of ether oxygens (including phenoxy) is 1. The second kappa shape index (κ2) is 7.17. The van der Waals surface area contributed by atoms with Crippen LogP contribution in [0, 0.1) is 0 Å². The Balaban J connectivity index is 4.93. The molecule has 0 aliphatic heterocycles. The van der Waals surface area contributed by atoms with Crippen molar-refractivity contribution in [1.82, 2.24) is 0 Å². The zero-order valence-corrected chi connectivity index (χ0v) is 17.2. The van der Waals surface area contributed by atoms with Crippen LogP contribution in [0.25, 0.3) is 0 Å². The minimum Gasteiger partial charge on any atom is -0.460 e. The maximum absolute atomic E-state index is 11.3. The third kappa shape index (κ3) is 9.65. The van der Waals surface area contributed by atoms with E-state index >= 15 is 0 Å². The summed E-state index contributed by atoms with van der Waals surface area (Å²) in [7, 11) is -5.77. The van der Waals surface area contributed by atoms with Gasteiger partial charge in [0.25, 0.3) is 0 Å².